The molecule has 12 heavy (non-hydrogen) atoms. The van der Waals surface area contributed by atoms with Crippen molar-refractivity contribution in [1.29, 1.82) is 0 Å². The first-order chi connectivity index (χ1) is 5.74. The van der Waals surface area contributed by atoms with E-state index >= 15 is 0 Å². The molecule has 0 radical (unpaired) electrons. The normalized spacial score (nSPS) is 12.2. The van der Waals surface area contributed by atoms with Crippen LogP contribution in [0.15, 0.2) is 17.5 Å². The molecule has 1 heterocycles. The predicted molar refractivity (Wildman–Crippen MR) is 49.4 cm³/mol. The van der Waals surface area contributed by atoms with Gasteiger partial charge in [0, 0.05) is 0 Å². The van der Waals surface area contributed by atoms with Crippen LogP contribution in [0.5, 0.6) is 0 Å². The maximum absolute atomic E-state index is 11.0. The van der Waals surface area contributed by atoms with Gasteiger partial charge < -0.3 is 10.1 Å². The zero-order valence-corrected chi connectivity index (χ0v) is 7.85. The molecule has 1 unspecified atom stereocenters. The molecular weight excluding hydrogens is 174 g/mol. The van der Waals surface area contributed by atoms with Gasteiger partial charge in [-0.15, -0.1) is 11.3 Å². The van der Waals surface area contributed by atoms with Gasteiger partial charge in [-0.1, -0.05) is 0 Å². The molecule has 0 saturated heterocycles. The highest BCUT2D eigenvalue weighted by atomic mass is 32.1. The van der Waals surface area contributed by atoms with E-state index in [-0.39, 0.29) is 12.0 Å². The third-order valence-electron chi connectivity index (χ3n) is 1.43. The Kier molecular flexibility index (Phi) is 3.10. The lowest BCUT2D eigenvalue weighted by atomic mass is 10.3. The summed E-state index contributed by atoms with van der Waals surface area (Å²) < 4.78 is 4.56. The second kappa shape index (κ2) is 4.11. The molecular formula is C8H11NO2S. The highest BCUT2D eigenvalue weighted by Gasteiger charge is 2.11. The van der Waals surface area contributed by atoms with E-state index in [0.29, 0.717) is 0 Å². The molecule has 0 amide bonds. The number of hydrogen-bond acceptors (Lipinski definition) is 4. The number of hydrogen-bond donors (Lipinski definition) is 1. The quantitative estimate of drug-likeness (QED) is 0.729. The molecule has 3 nitrogen and oxygen atoms in total. The number of carbonyl (C=O) groups excluding carboxylic acids is 1. The molecule has 0 aromatic carbocycles. The van der Waals surface area contributed by atoms with Crippen molar-refractivity contribution in [2.24, 2.45) is 0 Å². The first-order valence-electron chi connectivity index (χ1n) is 3.62. The van der Waals surface area contributed by atoms with Gasteiger partial charge in [0.05, 0.1) is 12.1 Å². The second-order valence-electron chi connectivity index (χ2n) is 2.37. The van der Waals surface area contributed by atoms with E-state index in [4.69, 9.17) is 0 Å². The number of methoxy groups -OCH3 is 1. The lowest BCUT2D eigenvalue weighted by molar-refractivity contribution is -0.141. The molecule has 1 atom stereocenters. The van der Waals surface area contributed by atoms with Crippen molar-refractivity contribution in [2.75, 3.05) is 12.4 Å². The third kappa shape index (κ3) is 2.23. The fourth-order valence-corrected chi connectivity index (χ4v) is 1.52. The third-order valence-corrected chi connectivity index (χ3v) is 2.24. The summed E-state index contributed by atoms with van der Waals surface area (Å²) in [5.41, 5.74) is 0. The zero-order valence-electron chi connectivity index (χ0n) is 7.03. The Morgan fingerprint density at radius 3 is 3.00 bits per heavy atom. The lowest BCUT2D eigenvalue weighted by Crippen LogP contribution is -2.26. The standard InChI is InChI=1S/C8H11NO2S/c1-6(8(10)11-2)9-7-4-3-5-12-7/h3-6,9H,1-2H3. The number of rotatable bonds is 3. The van der Waals surface area contributed by atoms with Crippen LogP contribution < -0.4 is 5.32 Å². The van der Waals surface area contributed by atoms with Crippen LogP contribution in [0.3, 0.4) is 0 Å². The van der Waals surface area contributed by atoms with Gasteiger partial charge in [0.2, 0.25) is 0 Å². The topological polar surface area (TPSA) is 38.3 Å². The molecule has 0 aliphatic rings. The van der Waals surface area contributed by atoms with Gasteiger partial charge in [0.15, 0.2) is 0 Å². The first-order valence-corrected chi connectivity index (χ1v) is 4.50. The molecule has 66 valence electrons. The zero-order chi connectivity index (χ0) is 8.97. The molecule has 0 aliphatic heterocycles. The Labute approximate surface area is 75.4 Å². The minimum Gasteiger partial charge on any atom is -0.467 e. The largest absolute Gasteiger partial charge is 0.467 e. The summed E-state index contributed by atoms with van der Waals surface area (Å²) in [7, 11) is 1.38. The van der Waals surface area contributed by atoms with E-state index < -0.39 is 0 Å². The van der Waals surface area contributed by atoms with Crippen LogP contribution in [0.4, 0.5) is 5.00 Å². The van der Waals surface area contributed by atoms with Gasteiger partial charge in [0.25, 0.3) is 0 Å². The van der Waals surface area contributed by atoms with Crippen LogP contribution in [-0.4, -0.2) is 19.1 Å². The average molecular weight is 185 g/mol. The van der Waals surface area contributed by atoms with Crippen molar-refractivity contribution in [3.8, 4) is 0 Å². The fraction of sp³-hybridized carbons (Fsp3) is 0.375. The van der Waals surface area contributed by atoms with E-state index in [1.54, 1.807) is 18.3 Å². The summed E-state index contributed by atoms with van der Waals surface area (Å²) in [5.74, 6) is -0.247. The summed E-state index contributed by atoms with van der Waals surface area (Å²) in [5, 5.41) is 5.95. The fourth-order valence-electron chi connectivity index (χ4n) is 0.810. The van der Waals surface area contributed by atoms with Gasteiger partial charge in [-0.05, 0) is 24.4 Å². The summed E-state index contributed by atoms with van der Waals surface area (Å²) >= 11 is 1.56. The average Bonchev–Trinajstić information content (AvgIpc) is 2.55. The van der Waals surface area contributed by atoms with Crippen molar-refractivity contribution in [2.45, 2.75) is 13.0 Å². The monoisotopic (exact) mass is 185 g/mol. The summed E-state index contributed by atoms with van der Waals surface area (Å²) in [6, 6.07) is 3.56. The Balaban J connectivity index is 2.47. The van der Waals surface area contributed by atoms with Gasteiger partial charge in [-0.3, -0.25) is 0 Å². The molecule has 0 spiro atoms. The van der Waals surface area contributed by atoms with Gasteiger partial charge in [0.1, 0.15) is 6.04 Å². The second-order valence-corrected chi connectivity index (χ2v) is 3.31. The Hall–Kier alpha value is -1.03. The van der Waals surface area contributed by atoms with E-state index in [9.17, 15) is 4.79 Å². The van der Waals surface area contributed by atoms with Gasteiger partial charge in [-0.2, -0.15) is 0 Å². The highest BCUT2D eigenvalue weighted by molar-refractivity contribution is 7.14. The highest BCUT2D eigenvalue weighted by Crippen LogP contribution is 2.16. The molecule has 0 fully saturated rings. The van der Waals surface area contributed by atoms with Crippen molar-refractivity contribution < 1.29 is 9.53 Å². The first kappa shape index (κ1) is 9.06. The Bertz CT molecular complexity index is 246. The van der Waals surface area contributed by atoms with Crippen LogP contribution in [0.1, 0.15) is 6.92 Å². The van der Waals surface area contributed by atoms with Crippen LogP contribution in [0.2, 0.25) is 0 Å². The maximum atomic E-state index is 11.0. The van der Waals surface area contributed by atoms with Crippen LogP contribution in [-0.2, 0) is 9.53 Å². The predicted octanol–water partition coefficient (Wildman–Crippen LogP) is 1.72. The van der Waals surface area contributed by atoms with Crippen molar-refractivity contribution in [1.82, 2.24) is 0 Å². The molecule has 1 aromatic rings. The molecule has 0 aliphatic carbocycles. The number of thiophene rings is 1. The van der Waals surface area contributed by atoms with Gasteiger partial charge in [-0.25, -0.2) is 4.79 Å². The van der Waals surface area contributed by atoms with Crippen molar-refractivity contribution in [3.63, 3.8) is 0 Å². The summed E-state index contributed by atoms with van der Waals surface area (Å²) in [6.07, 6.45) is 0. The number of carbonyl (C=O) groups is 1. The van der Waals surface area contributed by atoms with E-state index in [0.717, 1.165) is 5.00 Å². The maximum Gasteiger partial charge on any atom is 0.328 e. The van der Waals surface area contributed by atoms with E-state index in [2.05, 4.69) is 10.1 Å². The SMILES string of the molecule is COC(=O)C(C)Nc1cccs1. The number of anilines is 1. The number of esters is 1. The molecule has 0 saturated carbocycles. The molecule has 1 N–H and O–H groups in total. The smallest absolute Gasteiger partial charge is 0.328 e. The molecule has 0 bridgehead atoms. The van der Waals surface area contributed by atoms with Crippen LogP contribution >= 0.6 is 11.3 Å². The van der Waals surface area contributed by atoms with E-state index in [1.165, 1.54) is 7.11 Å². The van der Waals surface area contributed by atoms with Crippen molar-refractivity contribution in [3.05, 3.63) is 17.5 Å². The molecule has 1 aromatic heterocycles. The summed E-state index contributed by atoms with van der Waals surface area (Å²) in [6.45, 7) is 1.77. The summed E-state index contributed by atoms with van der Waals surface area (Å²) in [4.78, 5) is 11.0. The van der Waals surface area contributed by atoms with Gasteiger partial charge >= 0.3 is 5.97 Å². The van der Waals surface area contributed by atoms with Crippen molar-refractivity contribution >= 4 is 22.3 Å². The Morgan fingerprint density at radius 2 is 2.50 bits per heavy atom. The lowest BCUT2D eigenvalue weighted by Gasteiger charge is -2.10. The molecule has 4 heteroatoms. The Morgan fingerprint density at radius 1 is 1.75 bits per heavy atom. The molecule has 1 rings (SSSR count). The number of nitrogens with one attached hydrogen (secondary N) is 1. The minimum atomic E-state index is -0.284. The van der Waals surface area contributed by atoms with Crippen LogP contribution in [0.25, 0.3) is 0 Å². The van der Waals surface area contributed by atoms with E-state index in [1.807, 2.05) is 17.5 Å². The van der Waals surface area contributed by atoms with Crippen LogP contribution in [0, 0.1) is 0 Å². The number of ether oxygens (including phenoxy) is 1. The minimum absolute atomic E-state index is 0.247.